The van der Waals surface area contributed by atoms with Gasteiger partial charge in [0.2, 0.25) is 0 Å². The van der Waals surface area contributed by atoms with E-state index < -0.39 is 9.84 Å². The van der Waals surface area contributed by atoms with Gasteiger partial charge in [-0.15, -0.1) is 11.8 Å². The number of rotatable bonds is 6. The molecule has 0 spiro atoms. The quantitative estimate of drug-likeness (QED) is 0.595. The van der Waals surface area contributed by atoms with E-state index in [2.05, 4.69) is 9.97 Å². The van der Waals surface area contributed by atoms with Gasteiger partial charge in [0, 0.05) is 17.6 Å². The van der Waals surface area contributed by atoms with Crippen LogP contribution >= 0.6 is 23.4 Å². The first-order chi connectivity index (χ1) is 7.94. The molecule has 0 aliphatic rings. The zero-order valence-corrected chi connectivity index (χ0v) is 12.2. The SMILES string of the molecule is CCCc1c(Cl)ncnc1SCCS(C)(=O)=O. The summed E-state index contributed by atoms with van der Waals surface area (Å²) in [5.74, 6) is 0.633. The first-order valence-corrected chi connectivity index (χ1v) is 8.66. The smallest absolute Gasteiger partial charge is 0.148 e. The molecule has 0 amide bonds. The Labute approximate surface area is 111 Å². The number of halogens is 1. The van der Waals surface area contributed by atoms with Gasteiger partial charge in [-0.25, -0.2) is 18.4 Å². The van der Waals surface area contributed by atoms with Gasteiger partial charge in [0.25, 0.3) is 0 Å². The highest BCUT2D eigenvalue weighted by atomic mass is 35.5. The molecule has 0 unspecified atom stereocenters. The number of nitrogens with zero attached hydrogens (tertiary/aromatic N) is 2. The minimum absolute atomic E-state index is 0.144. The number of thioether (sulfide) groups is 1. The van der Waals surface area contributed by atoms with Crippen molar-refractivity contribution in [2.24, 2.45) is 0 Å². The van der Waals surface area contributed by atoms with Crippen LogP contribution in [-0.2, 0) is 16.3 Å². The fourth-order valence-corrected chi connectivity index (χ4v) is 3.77. The van der Waals surface area contributed by atoms with E-state index in [-0.39, 0.29) is 5.75 Å². The van der Waals surface area contributed by atoms with Gasteiger partial charge in [-0.2, -0.15) is 0 Å². The highest BCUT2D eigenvalue weighted by Crippen LogP contribution is 2.25. The van der Waals surface area contributed by atoms with Gasteiger partial charge in [0.1, 0.15) is 26.3 Å². The molecule has 1 heterocycles. The van der Waals surface area contributed by atoms with Crippen LogP contribution in [0.25, 0.3) is 0 Å². The summed E-state index contributed by atoms with van der Waals surface area (Å²) in [7, 11) is -2.93. The minimum atomic E-state index is -2.93. The first kappa shape index (κ1) is 14.7. The zero-order valence-electron chi connectivity index (χ0n) is 9.81. The summed E-state index contributed by atoms with van der Waals surface area (Å²) >= 11 is 7.41. The summed E-state index contributed by atoms with van der Waals surface area (Å²) in [6.45, 7) is 2.05. The van der Waals surface area contributed by atoms with Crippen molar-refractivity contribution in [1.82, 2.24) is 9.97 Å². The molecule has 4 nitrogen and oxygen atoms in total. The van der Waals surface area contributed by atoms with E-state index in [4.69, 9.17) is 11.6 Å². The van der Waals surface area contributed by atoms with Gasteiger partial charge >= 0.3 is 0 Å². The third-order valence-electron chi connectivity index (χ3n) is 2.05. The van der Waals surface area contributed by atoms with E-state index in [1.165, 1.54) is 24.3 Å². The summed E-state index contributed by atoms with van der Waals surface area (Å²) in [5.41, 5.74) is 0.912. The van der Waals surface area contributed by atoms with Crippen molar-refractivity contribution in [1.29, 1.82) is 0 Å². The largest absolute Gasteiger partial charge is 0.230 e. The summed E-state index contributed by atoms with van der Waals surface area (Å²) < 4.78 is 22.1. The van der Waals surface area contributed by atoms with E-state index in [9.17, 15) is 8.42 Å². The van der Waals surface area contributed by atoms with E-state index in [0.29, 0.717) is 10.9 Å². The van der Waals surface area contributed by atoms with Crippen molar-refractivity contribution < 1.29 is 8.42 Å². The van der Waals surface area contributed by atoms with Crippen LogP contribution in [0.15, 0.2) is 11.4 Å². The zero-order chi connectivity index (χ0) is 12.9. The summed E-state index contributed by atoms with van der Waals surface area (Å²) in [4.78, 5) is 8.09. The fourth-order valence-electron chi connectivity index (χ4n) is 1.25. The van der Waals surface area contributed by atoms with Gasteiger partial charge in [-0.3, -0.25) is 0 Å². The summed E-state index contributed by atoms with van der Waals surface area (Å²) in [5, 5.41) is 1.25. The van der Waals surface area contributed by atoms with Crippen molar-refractivity contribution in [3.05, 3.63) is 17.0 Å². The number of sulfone groups is 1. The van der Waals surface area contributed by atoms with Crippen LogP contribution in [0.2, 0.25) is 5.15 Å². The van der Waals surface area contributed by atoms with Crippen LogP contribution in [0.1, 0.15) is 18.9 Å². The normalized spacial score (nSPS) is 11.7. The molecule has 0 aromatic carbocycles. The molecule has 1 aromatic rings. The lowest BCUT2D eigenvalue weighted by Gasteiger charge is -2.07. The summed E-state index contributed by atoms with van der Waals surface area (Å²) in [6.07, 6.45) is 4.39. The number of aromatic nitrogens is 2. The van der Waals surface area contributed by atoms with Gasteiger partial charge in [0.05, 0.1) is 5.75 Å². The lowest BCUT2D eigenvalue weighted by molar-refractivity contribution is 0.603. The van der Waals surface area contributed by atoms with Crippen molar-refractivity contribution in [2.75, 3.05) is 17.8 Å². The Morgan fingerprint density at radius 3 is 2.71 bits per heavy atom. The van der Waals surface area contributed by atoms with Gasteiger partial charge < -0.3 is 0 Å². The first-order valence-electron chi connectivity index (χ1n) is 5.24. The maximum absolute atomic E-state index is 11.0. The third kappa shape index (κ3) is 5.23. The maximum Gasteiger partial charge on any atom is 0.148 e. The molecule has 0 saturated heterocycles. The Hall–Kier alpha value is -0.330. The van der Waals surface area contributed by atoms with Crippen molar-refractivity contribution in [3.63, 3.8) is 0 Å². The van der Waals surface area contributed by atoms with Crippen LogP contribution in [0.3, 0.4) is 0 Å². The summed E-state index contributed by atoms with van der Waals surface area (Å²) in [6, 6.07) is 0. The maximum atomic E-state index is 11.0. The Morgan fingerprint density at radius 2 is 2.12 bits per heavy atom. The number of hydrogen-bond donors (Lipinski definition) is 0. The Kier molecular flexibility index (Phi) is 5.69. The van der Waals surface area contributed by atoms with E-state index in [1.807, 2.05) is 6.92 Å². The fraction of sp³-hybridized carbons (Fsp3) is 0.600. The van der Waals surface area contributed by atoms with Gasteiger partial charge in [-0.05, 0) is 6.42 Å². The Bertz CT molecular complexity index is 477. The van der Waals surface area contributed by atoms with Crippen LogP contribution in [0.4, 0.5) is 0 Å². The molecule has 0 aliphatic carbocycles. The molecule has 1 aromatic heterocycles. The molecule has 7 heteroatoms. The van der Waals surface area contributed by atoms with E-state index in [1.54, 1.807) is 0 Å². The number of hydrogen-bond acceptors (Lipinski definition) is 5. The lowest BCUT2D eigenvalue weighted by Crippen LogP contribution is -2.06. The highest BCUT2D eigenvalue weighted by molar-refractivity contribution is 8.00. The molecule has 0 fully saturated rings. The molecule has 0 atom stereocenters. The Morgan fingerprint density at radius 1 is 1.41 bits per heavy atom. The van der Waals surface area contributed by atoms with Crippen LogP contribution in [0, 0.1) is 0 Å². The predicted molar refractivity (Wildman–Crippen MR) is 71.5 cm³/mol. The van der Waals surface area contributed by atoms with Crippen LogP contribution in [0.5, 0.6) is 0 Å². The second-order valence-electron chi connectivity index (χ2n) is 3.68. The monoisotopic (exact) mass is 294 g/mol. The third-order valence-corrected chi connectivity index (χ3v) is 4.61. The second kappa shape index (κ2) is 6.56. The topological polar surface area (TPSA) is 59.9 Å². The van der Waals surface area contributed by atoms with E-state index in [0.717, 1.165) is 23.4 Å². The van der Waals surface area contributed by atoms with Crippen molar-refractivity contribution in [2.45, 2.75) is 24.8 Å². The molecular formula is C10H15ClN2O2S2. The standard InChI is InChI=1S/C10H15ClN2O2S2/c1-3-4-8-9(11)12-7-13-10(8)16-5-6-17(2,14)15/h7H,3-6H2,1-2H3. The lowest BCUT2D eigenvalue weighted by atomic mass is 10.2. The molecule has 0 aliphatic heterocycles. The van der Waals surface area contributed by atoms with Crippen LogP contribution in [-0.4, -0.2) is 36.1 Å². The predicted octanol–water partition coefficient (Wildman–Crippen LogP) is 2.22. The molecule has 96 valence electrons. The molecule has 17 heavy (non-hydrogen) atoms. The van der Waals surface area contributed by atoms with Crippen molar-refractivity contribution in [3.8, 4) is 0 Å². The van der Waals surface area contributed by atoms with E-state index >= 15 is 0 Å². The molecule has 0 bridgehead atoms. The highest BCUT2D eigenvalue weighted by Gasteiger charge is 2.10. The van der Waals surface area contributed by atoms with Gasteiger partial charge in [-0.1, -0.05) is 24.9 Å². The molecular weight excluding hydrogens is 280 g/mol. The minimum Gasteiger partial charge on any atom is -0.230 e. The molecule has 1 rings (SSSR count). The average Bonchev–Trinajstić information content (AvgIpc) is 2.21. The molecule has 0 radical (unpaired) electrons. The van der Waals surface area contributed by atoms with Crippen molar-refractivity contribution >= 4 is 33.2 Å². The van der Waals surface area contributed by atoms with Gasteiger partial charge in [0.15, 0.2) is 0 Å². The second-order valence-corrected chi connectivity index (χ2v) is 7.38. The average molecular weight is 295 g/mol. The molecule has 0 N–H and O–H groups in total. The van der Waals surface area contributed by atoms with Crippen LogP contribution < -0.4 is 0 Å². The Balaban J connectivity index is 2.73. The molecule has 0 saturated carbocycles.